The molecule has 1 saturated heterocycles. The molecule has 0 radical (unpaired) electrons. The van der Waals surface area contributed by atoms with Gasteiger partial charge in [0.25, 0.3) is 5.56 Å². The normalized spacial score (nSPS) is 14.9. The van der Waals surface area contributed by atoms with Crippen LogP contribution >= 0.6 is 11.3 Å². The van der Waals surface area contributed by atoms with E-state index in [1.807, 2.05) is 6.92 Å². The topological polar surface area (TPSA) is 77.3 Å². The smallest absolute Gasteiger partial charge is 0.325 e. The number of pyridine rings is 1. The van der Waals surface area contributed by atoms with Crippen molar-refractivity contribution in [1.29, 1.82) is 0 Å². The molecule has 0 amide bonds. The van der Waals surface area contributed by atoms with Gasteiger partial charge in [-0.3, -0.25) is 14.2 Å². The second-order valence-electron chi connectivity index (χ2n) is 6.56. The number of carbonyl (C=O) groups excluding carboxylic acids is 1. The van der Waals surface area contributed by atoms with Crippen molar-refractivity contribution >= 4 is 43.6 Å². The van der Waals surface area contributed by atoms with Crippen LogP contribution in [0.4, 0.5) is 5.82 Å². The molecule has 1 aliphatic heterocycles. The zero-order valence-corrected chi connectivity index (χ0v) is 15.6. The highest BCUT2D eigenvalue weighted by molar-refractivity contribution is 7.25. The Balaban J connectivity index is 1.85. The van der Waals surface area contributed by atoms with Crippen molar-refractivity contribution in [1.82, 2.24) is 14.5 Å². The molecule has 7 nitrogen and oxygen atoms in total. The van der Waals surface area contributed by atoms with Crippen molar-refractivity contribution in [2.24, 2.45) is 0 Å². The van der Waals surface area contributed by atoms with E-state index in [1.165, 1.54) is 48.6 Å². The van der Waals surface area contributed by atoms with E-state index in [0.717, 1.165) is 34.7 Å². The van der Waals surface area contributed by atoms with Gasteiger partial charge in [-0.25, -0.2) is 9.97 Å². The molecule has 0 N–H and O–H groups in total. The number of esters is 1. The van der Waals surface area contributed by atoms with E-state index in [4.69, 9.17) is 4.98 Å². The van der Waals surface area contributed by atoms with Gasteiger partial charge in [-0.1, -0.05) is 0 Å². The zero-order valence-electron chi connectivity index (χ0n) is 14.8. The number of hydrogen-bond donors (Lipinski definition) is 0. The highest BCUT2D eigenvalue weighted by atomic mass is 32.1. The molecule has 136 valence electrons. The number of rotatable bonds is 3. The van der Waals surface area contributed by atoms with Crippen molar-refractivity contribution in [3.8, 4) is 0 Å². The summed E-state index contributed by atoms with van der Waals surface area (Å²) < 4.78 is 6.45. The summed E-state index contributed by atoms with van der Waals surface area (Å²) in [7, 11) is 1.30. The Morgan fingerprint density at radius 1 is 1.31 bits per heavy atom. The van der Waals surface area contributed by atoms with E-state index in [9.17, 15) is 9.59 Å². The van der Waals surface area contributed by atoms with Crippen LogP contribution in [0.3, 0.4) is 0 Å². The minimum absolute atomic E-state index is 0.141. The minimum Gasteiger partial charge on any atom is -0.468 e. The first-order valence-electron chi connectivity index (χ1n) is 8.69. The van der Waals surface area contributed by atoms with Crippen LogP contribution in [0.15, 0.2) is 17.2 Å². The third-order valence-electron chi connectivity index (χ3n) is 4.81. The number of nitrogens with zero attached hydrogens (tertiary/aromatic N) is 4. The molecule has 3 aromatic rings. The van der Waals surface area contributed by atoms with Crippen LogP contribution in [0.5, 0.6) is 0 Å². The molecular formula is C18H20N4O3S. The number of aromatic nitrogens is 3. The molecule has 1 fully saturated rings. The van der Waals surface area contributed by atoms with Crippen molar-refractivity contribution < 1.29 is 9.53 Å². The van der Waals surface area contributed by atoms with E-state index in [-0.39, 0.29) is 12.1 Å². The van der Waals surface area contributed by atoms with Crippen LogP contribution in [0.2, 0.25) is 0 Å². The number of methoxy groups -OCH3 is 1. The summed E-state index contributed by atoms with van der Waals surface area (Å²) in [5.74, 6) is 0.493. The predicted molar refractivity (Wildman–Crippen MR) is 102 cm³/mol. The van der Waals surface area contributed by atoms with Gasteiger partial charge >= 0.3 is 5.97 Å². The Kier molecular flexibility index (Phi) is 4.36. The number of aryl methyl sites for hydroxylation is 1. The molecule has 4 heterocycles. The number of carbonyl (C=O) groups is 1. The van der Waals surface area contributed by atoms with Crippen LogP contribution in [0, 0.1) is 6.92 Å². The number of piperidine rings is 1. The summed E-state index contributed by atoms with van der Waals surface area (Å²) in [6, 6.07) is 2.08. The molecule has 0 unspecified atom stereocenters. The fourth-order valence-electron chi connectivity index (χ4n) is 3.43. The number of hydrogen-bond acceptors (Lipinski definition) is 7. The maximum atomic E-state index is 12.7. The first-order valence-corrected chi connectivity index (χ1v) is 9.51. The summed E-state index contributed by atoms with van der Waals surface area (Å²) in [5.41, 5.74) is 1.49. The van der Waals surface area contributed by atoms with Crippen LogP contribution in [-0.4, -0.2) is 40.7 Å². The lowest BCUT2D eigenvalue weighted by Crippen LogP contribution is -2.30. The van der Waals surface area contributed by atoms with Crippen molar-refractivity contribution in [2.75, 3.05) is 25.1 Å². The molecule has 26 heavy (non-hydrogen) atoms. The Bertz CT molecular complexity index is 1050. The molecule has 0 aromatic carbocycles. The van der Waals surface area contributed by atoms with E-state index >= 15 is 0 Å². The second kappa shape index (κ2) is 6.68. The fourth-order valence-corrected chi connectivity index (χ4v) is 4.58. The van der Waals surface area contributed by atoms with E-state index in [0.29, 0.717) is 10.2 Å². The van der Waals surface area contributed by atoms with E-state index in [2.05, 4.69) is 20.7 Å². The van der Waals surface area contributed by atoms with Crippen molar-refractivity contribution in [3.05, 3.63) is 28.3 Å². The first-order chi connectivity index (χ1) is 12.6. The van der Waals surface area contributed by atoms with Gasteiger partial charge in [0.15, 0.2) is 0 Å². The Morgan fingerprint density at radius 3 is 2.81 bits per heavy atom. The van der Waals surface area contributed by atoms with E-state index in [1.54, 1.807) is 0 Å². The number of ether oxygens (including phenoxy) is 1. The largest absolute Gasteiger partial charge is 0.468 e. The van der Waals surface area contributed by atoms with Gasteiger partial charge in [0.2, 0.25) is 0 Å². The first kappa shape index (κ1) is 17.0. The fraction of sp³-hybridized carbons (Fsp3) is 0.444. The Morgan fingerprint density at radius 2 is 2.08 bits per heavy atom. The molecule has 0 aliphatic carbocycles. The minimum atomic E-state index is -0.476. The maximum absolute atomic E-state index is 12.7. The summed E-state index contributed by atoms with van der Waals surface area (Å²) >= 11 is 1.34. The van der Waals surface area contributed by atoms with Gasteiger partial charge in [-0.2, -0.15) is 0 Å². The molecule has 0 bridgehead atoms. The summed E-state index contributed by atoms with van der Waals surface area (Å²) in [6.45, 7) is 3.93. The van der Waals surface area contributed by atoms with E-state index < -0.39 is 5.97 Å². The number of fused-ring (bicyclic) bond motifs is 3. The van der Waals surface area contributed by atoms with Gasteiger partial charge in [0.05, 0.1) is 19.0 Å². The highest BCUT2D eigenvalue weighted by Crippen LogP contribution is 2.34. The lowest BCUT2D eigenvalue weighted by atomic mass is 10.1. The SMILES string of the molecule is COC(=O)Cn1cnc2c(sc3nc(N4CCCCC4)cc(C)c32)c1=O. The lowest BCUT2D eigenvalue weighted by molar-refractivity contribution is -0.141. The summed E-state index contributed by atoms with van der Waals surface area (Å²) in [4.78, 5) is 36.6. The summed E-state index contributed by atoms with van der Waals surface area (Å²) in [6.07, 6.45) is 5.05. The molecule has 3 aromatic heterocycles. The van der Waals surface area contributed by atoms with Gasteiger partial charge in [-0.15, -0.1) is 11.3 Å². The van der Waals surface area contributed by atoms with Crippen LogP contribution in [-0.2, 0) is 16.1 Å². The number of thiophene rings is 1. The highest BCUT2D eigenvalue weighted by Gasteiger charge is 2.19. The molecule has 0 atom stereocenters. The maximum Gasteiger partial charge on any atom is 0.325 e. The second-order valence-corrected chi connectivity index (χ2v) is 7.56. The van der Waals surface area contributed by atoms with Gasteiger partial charge in [-0.05, 0) is 37.8 Å². The Labute approximate surface area is 154 Å². The van der Waals surface area contributed by atoms with Crippen LogP contribution in [0.25, 0.3) is 20.4 Å². The van der Waals surface area contributed by atoms with Crippen molar-refractivity contribution in [3.63, 3.8) is 0 Å². The quantitative estimate of drug-likeness (QED) is 0.658. The average molecular weight is 372 g/mol. The molecule has 4 rings (SSSR count). The average Bonchev–Trinajstić information content (AvgIpc) is 3.04. The molecule has 0 spiro atoms. The summed E-state index contributed by atoms with van der Waals surface area (Å²) in [5, 5.41) is 0.924. The van der Waals surface area contributed by atoms with Crippen LogP contribution in [0.1, 0.15) is 24.8 Å². The van der Waals surface area contributed by atoms with Crippen molar-refractivity contribution in [2.45, 2.75) is 32.7 Å². The predicted octanol–water partition coefficient (Wildman–Crippen LogP) is 2.48. The molecule has 0 saturated carbocycles. The van der Waals surface area contributed by atoms with Gasteiger partial charge in [0, 0.05) is 18.5 Å². The monoisotopic (exact) mass is 372 g/mol. The lowest BCUT2D eigenvalue weighted by Gasteiger charge is -2.28. The third-order valence-corrected chi connectivity index (χ3v) is 5.87. The molecular weight excluding hydrogens is 352 g/mol. The van der Waals surface area contributed by atoms with Crippen LogP contribution < -0.4 is 10.5 Å². The number of anilines is 1. The zero-order chi connectivity index (χ0) is 18.3. The standard InChI is InChI=1S/C18H20N4O3S/c1-11-8-12(21-6-4-3-5-7-21)20-17-14(11)15-16(26-17)18(24)22(10-19-15)9-13(23)25-2/h8,10H,3-7,9H2,1-2H3. The molecule has 8 heteroatoms. The van der Waals surface area contributed by atoms with Gasteiger partial charge in [0.1, 0.15) is 21.9 Å². The molecule has 1 aliphatic rings. The third kappa shape index (κ3) is 2.84. The Hall–Kier alpha value is -2.48. The van der Waals surface area contributed by atoms with Gasteiger partial charge < -0.3 is 9.64 Å².